The van der Waals surface area contributed by atoms with Gasteiger partial charge in [0.2, 0.25) is 0 Å². The minimum Gasteiger partial charge on any atom is -0.419 e. The quantitative estimate of drug-likeness (QED) is 0.0377. The van der Waals surface area contributed by atoms with Crippen LogP contribution in [0.15, 0.2) is 109 Å². The molecule has 0 aromatic heterocycles. The minimum atomic E-state index is -5.47. The third-order valence-corrected chi connectivity index (χ3v) is 8.65. The van der Waals surface area contributed by atoms with Crippen LogP contribution in [0.1, 0.15) is 63.8 Å². The second kappa shape index (κ2) is 21.3. The molecule has 356 valence electrons. The normalized spacial score (nSPS) is 11.3. The summed E-state index contributed by atoms with van der Waals surface area (Å²) in [6, 6.07) is 5.89. The van der Waals surface area contributed by atoms with E-state index in [2.05, 4.69) is 51.3 Å². The SMILES string of the molecule is C=C(C)C(=O)Oc1ccc(C#Cc2c(F)c(OC(=O)C(=C)C)c(C(C)=C(C)c3ccc(OC(=O)C(=C)C(F)(F)F)c(OC(=O)C(=C)C)c3)c(OC(=O)C(=C)C(F)(F)F)c2F)cc1OC(=O)C(=C)C. The van der Waals surface area contributed by atoms with Crippen molar-refractivity contribution in [1.29, 1.82) is 0 Å². The second-order valence-electron chi connectivity index (χ2n) is 14.3. The van der Waals surface area contributed by atoms with E-state index in [1.54, 1.807) is 0 Å². The maximum Gasteiger partial charge on any atom is 0.422 e. The summed E-state index contributed by atoms with van der Waals surface area (Å²) in [6.45, 7) is 26.0. The largest absolute Gasteiger partial charge is 0.422 e. The number of esters is 6. The maximum atomic E-state index is 16.9. The fourth-order valence-electron chi connectivity index (χ4n) is 4.77. The summed E-state index contributed by atoms with van der Waals surface area (Å²) >= 11 is 0. The molecule has 0 saturated carbocycles. The number of allylic oxidation sites excluding steroid dienone is 2. The zero-order chi connectivity index (χ0) is 51.9. The van der Waals surface area contributed by atoms with Gasteiger partial charge < -0.3 is 28.4 Å². The Morgan fingerprint density at radius 2 is 0.809 bits per heavy atom. The van der Waals surface area contributed by atoms with Crippen LogP contribution in [0.25, 0.3) is 11.1 Å². The van der Waals surface area contributed by atoms with E-state index in [0.29, 0.717) is 0 Å². The van der Waals surface area contributed by atoms with Gasteiger partial charge in [0.1, 0.15) is 16.7 Å². The Morgan fingerprint density at radius 3 is 1.24 bits per heavy atom. The van der Waals surface area contributed by atoms with Crippen LogP contribution in [0.5, 0.6) is 34.5 Å². The van der Waals surface area contributed by atoms with E-state index >= 15 is 8.78 Å². The van der Waals surface area contributed by atoms with E-state index in [1.165, 1.54) is 27.7 Å². The molecule has 0 heterocycles. The molecule has 0 unspecified atom stereocenters. The number of hydrogen-bond acceptors (Lipinski definition) is 12. The van der Waals surface area contributed by atoms with Crippen molar-refractivity contribution in [1.82, 2.24) is 0 Å². The van der Waals surface area contributed by atoms with Gasteiger partial charge in [0.05, 0.1) is 5.56 Å². The Balaban J connectivity index is 2.50. The molecular formula is C48H36F8O12. The first-order valence-corrected chi connectivity index (χ1v) is 18.8. The van der Waals surface area contributed by atoms with Crippen molar-refractivity contribution in [3.8, 4) is 46.3 Å². The van der Waals surface area contributed by atoms with Crippen molar-refractivity contribution in [2.24, 2.45) is 0 Å². The van der Waals surface area contributed by atoms with Crippen LogP contribution in [-0.2, 0) is 28.8 Å². The first-order valence-electron chi connectivity index (χ1n) is 18.8. The highest BCUT2D eigenvalue weighted by atomic mass is 19.4. The van der Waals surface area contributed by atoms with Gasteiger partial charge >= 0.3 is 48.2 Å². The first kappa shape index (κ1) is 54.0. The maximum absolute atomic E-state index is 16.9. The zero-order valence-corrected chi connectivity index (χ0v) is 36.6. The molecule has 0 spiro atoms. The smallest absolute Gasteiger partial charge is 0.419 e. The van der Waals surface area contributed by atoms with Crippen LogP contribution in [-0.4, -0.2) is 48.2 Å². The van der Waals surface area contributed by atoms with Gasteiger partial charge in [-0.3, -0.25) is 0 Å². The lowest BCUT2D eigenvalue weighted by Crippen LogP contribution is -2.24. The molecule has 0 saturated heterocycles. The Morgan fingerprint density at radius 1 is 0.456 bits per heavy atom. The lowest BCUT2D eigenvalue weighted by atomic mass is 9.93. The molecule has 3 aromatic carbocycles. The van der Waals surface area contributed by atoms with Crippen LogP contribution >= 0.6 is 0 Å². The molecular weight excluding hydrogens is 921 g/mol. The number of rotatable bonds is 14. The minimum absolute atomic E-state index is 0.0663. The summed E-state index contributed by atoms with van der Waals surface area (Å²) in [5, 5.41) is 0. The van der Waals surface area contributed by atoms with Gasteiger partial charge in [0.15, 0.2) is 46.1 Å². The highest BCUT2D eigenvalue weighted by Gasteiger charge is 2.41. The molecule has 0 aliphatic rings. The van der Waals surface area contributed by atoms with E-state index in [0.717, 1.165) is 50.2 Å². The third kappa shape index (κ3) is 13.1. The second-order valence-corrected chi connectivity index (χ2v) is 14.3. The molecule has 12 nitrogen and oxygen atoms in total. The molecule has 0 radical (unpaired) electrons. The topological polar surface area (TPSA) is 158 Å². The van der Waals surface area contributed by atoms with Crippen molar-refractivity contribution < 1.29 is 92.3 Å². The molecule has 3 rings (SSSR count). The predicted molar refractivity (Wildman–Crippen MR) is 227 cm³/mol. The van der Waals surface area contributed by atoms with Crippen LogP contribution in [0, 0.1) is 23.5 Å². The van der Waals surface area contributed by atoms with Gasteiger partial charge in [0.25, 0.3) is 0 Å². The Labute approximate surface area is 382 Å². The first-order chi connectivity index (χ1) is 31.3. The fraction of sp³-hybridized carbons (Fsp3) is 0.167. The Kier molecular flexibility index (Phi) is 16.9. The number of halogens is 8. The van der Waals surface area contributed by atoms with Crippen LogP contribution in [0.2, 0.25) is 0 Å². The van der Waals surface area contributed by atoms with Gasteiger partial charge in [-0.15, -0.1) is 0 Å². The van der Waals surface area contributed by atoms with E-state index < -0.39 is 122 Å². The number of carbonyl (C=O) groups excluding carboxylic acids is 6. The summed E-state index contributed by atoms with van der Waals surface area (Å²) in [5.74, 6) is -13.5. The molecule has 0 fully saturated rings. The molecule has 20 heteroatoms. The van der Waals surface area contributed by atoms with Crippen LogP contribution in [0.4, 0.5) is 35.1 Å². The molecule has 0 aliphatic heterocycles. The molecule has 0 N–H and O–H groups in total. The summed E-state index contributed by atoms with van der Waals surface area (Å²) in [5.41, 5.74) is -8.54. The Bertz CT molecular complexity index is 2870. The van der Waals surface area contributed by atoms with Gasteiger partial charge in [-0.2, -0.15) is 26.3 Å². The van der Waals surface area contributed by atoms with Gasteiger partial charge in [0, 0.05) is 33.9 Å². The number of ether oxygens (including phenoxy) is 6. The standard InChI is InChI=1S/C48H36F8O12/c1-21(2)41(57)63-32-17-14-29(19-34(32)65-42(58)22(3)4)13-16-31-37(49)39(67-44(60)24(7)8)36(40(38(31)50)68-46(62)28(12)48(54,55)56)26(10)25(9)30-15-18-33(35(20-30)66-43(59)23(5)6)64-45(61)27(11)47(51,52)53/h14-15,17-20H,1,3,5,7,11-12H2,2,4,6,8-10H3. The van der Waals surface area contributed by atoms with Gasteiger partial charge in [-0.25, -0.2) is 37.5 Å². The van der Waals surface area contributed by atoms with Crippen LogP contribution in [0.3, 0.4) is 0 Å². The van der Waals surface area contributed by atoms with Crippen molar-refractivity contribution in [3.05, 3.63) is 143 Å². The summed E-state index contributed by atoms with van der Waals surface area (Å²) in [4.78, 5) is 75.6. The summed E-state index contributed by atoms with van der Waals surface area (Å²) in [7, 11) is 0. The molecule has 0 amide bonds. The molecule has 0 bridgehead atoms. The molecule has 3 aromatic rings. The average molecular weight is 957 g/mol. The monoisotopic (exact) mass is 956 g/mol. The van der Waals surface area contributed by atoms with Gasteiger partial charge in [-0.05, 0) is 82.5 Å². The summed E-state index contributed by atoms with van der Waals surface area (Å²) in [6.07, 6.45) is -10.7. The van der Waals surface area contributed by atoms with Crippen molar-refractivity contribution in [2.75, 3.05) is 0 Å². The highest BCUT2D eigenvalue weighted by molar-refractivity contribution is 5.99. The van der Waals surface area contributed by atoms with E-state index in [4.69, 9.17) is 28.4 Å². The molecule has 0 atom stereocenters. The number of benzene rings is 3. The van der Waals surface area contributed by atoms with Crippen LogP contribution < -0.4 is 28.4 Å². The van der Waals surface area contributed by atoms with Crippen molar-refractivity contribution in [3.63, 3.8) is 0 Å². The zero-order valence-electron chi connectivity index (χ0n) is 36.6. The molecule has 68 heavy (non-hydrogen) atoms. The van der Waals surface area contributed by atoms with E-state index in [9.17, 15) is 55.1 Å². The summed E-state index contributed by atoms with van der Waals surface area (Å²) < 4.78 is 145. The average Bonchev–Trinajstić information content (AvgIpc) is 3.24. The fourth-order valence-corrected chi connectivity index (χ4v) is 4.77. The lowest BCUT2D eigenvalue weighted by molar-refractivity contribution is -0.144. The lowest BCUT2D eigenvalue weighted by Gasteiger charge is -2.21. The van der Waals surface area contributed by atoms with Crippen molar-refractivity contribution in [2.45, 2.75) is 53.9 Å². The van der Waals surface area contributed by atoms with Gasteiger partial charge in [-0.1, -0.05) is 57.4 Å². The van der Waals surface area contributed by atoms with E-state index in [1.807, 2.05) is 0 Å². The number of alkyl halides is 6. The van der Waals surface area contributed by atoms with Crippen molar-refractivity contribution >= 4 is 47.0 Å². The molecule has 0 aliphatic carbocycles. The number of hydrogen-bond donors (Lipinski definition) is 0. The third-order valence-electron chi connectivity index (χ3n) is 8.65. The number of carbonyl (C=O) groups is 6. The van der Waals surface area contributed by atoms with E-state index in [-0.39, 0.29) is 39.2 Å². The Hall–Kier alpha value is -8.34. The highest BCUT2D eigenvalue weighted by Crippen LogP contribution is 2.46. The predicted octanol–water partition coefficient (Wildman–Crippen LogP) is 10.3.